The Bertz CT molecular complexity index is 456. The Hall–Kier alpha value is -1.88. The van der Waals surface area contributed by atoms with E-state index in [1.165, 1.54) is 0 Å². The van der Waals surface area contributed by atoms with Gasteiger partial charge in [0.2, 0.25) is 11.8 Å². The molecule has 0 fully saturated rings. The summed E-state index contributed by atoms with van der Waals surface area (Å²) in [6.07, 6.45) is 0.459. The molecular formula is C15H23N3O2. The minimum atomic E-state index is -0.429. The molecule has 0 aliphatic carbocycles. The zero-order valence-corrected chi connectivity index (χ0v) is 12.2. The first-order valence-electron chi connectivity index (χ1n) is 6.96. The maximum Gasteiger partial charge on any atom is 0.249 e. The van der Waals surface area contributed by atoms with Gasteiger partial charge in [-0.2, -0.15) is 0 Å². The molecule has 5 nitrogen and oxygen atoms in total. The van der Waals surface area contributed by atoms with Gasteiger partial charge in [0.05, 0.1) is 0 Å². The summed E-state index contributed by atoms with van der Waals surface area (Å²) in [5.74, 6) is -0.285. The lowest BCUT2D eigenvalue weighted by Crippen LogP contribution is -2.32. The summed E-state index contributed by atoms with van der Waals surface area (Å²) >= 11 is 0. The summed E-state index contributed by atoms with van der Waals surface area (Å²) in [7, 11) is 0. The maximum absolute atomic E-state index is 11.8. The number of carbonyl (C=O) groups is 2. The maximum atomic E-state index is 11.8. The number of amides is 2. The largest absolute Gasteiger partial charge is 0.366 e. The van der Waals surface area contributed by atoms with E-state index in [-0.39, 0.29) is 5.91 Å². The van der Waals surface area contributed by atoms with Gasteiger partial charge < -0.3 is 16.0 Å². The van der Waals surface area contributed by atoms with Gasteiger partial charge in [-0.1, -0.05) is 18.2 Å². The van der Waals surface area contributed by atoms with E-state index in [0.717, 1.165) is 18.7 Å². The molecule has 5 heteroatoms. The number of nitrogens with zero attached hydrogens (tertiary/aromatic N) is 1. The van der Waals surface area contributed by atoms with E-state index in [4.69, 9.17) is 5.73 Å². The fourth-order valence-electron chi connectivity index (χ4n) is 2.07. The minimum Gasteiger partial charge on any atom is -0.366 e. The fourth-order valence-corrected chi connectivity index (χ4v) is 2.07. The minimum absolute atomic E-state index is 0.144. The van der Waals surface area contributed by atoms with Crippen molar-refractivity contribution in [3.63, 3.8) is 0 Å². The van der Waals surface area contributed by atoms with Crippen molar-refractivity contribution in [1.82, 2.24) is 10.2 Å². The van der Waals surface area contributed by atoms with Gasteiger partial charge in [0.1, 0.15) is 0 Å². The van der Waals surface area contributed by atoms with Gasteiger partial charge in [-0.25, -0.2) is 0 Å². The van der Waals surface area contributed by atoms with E-state index in [2.05, 4.69) is 5.32 Å². The van der Waals surface area contributed by atoms with Crippen LogP contribution >= 0.6 is 0 Å². The number of primary amides is 1. The summed E-state index contributed by atoms with van der Waals surface area (Å²) in [4.78, 5) is 24.9. The molecule has 0 aliphatic heterocycles. The third kappa shape index (κ3) is 4.66. The zero-order valence-electron chi connectivity index (χ0n) is 12.2. The molecule has 1 aromatic rings. The first kappa shape index (κ1) is 16.2. The highest BCUT2D eigenvalue weighted by Gasteiger charge is 2.09. The van der Waals surface area contributed by atoms with Crippen LogP contribution < -0.4 is 11.1 Å². The molecular weight excluding hydrogens is 254 g/mol. The third-order valence-electron chi connectivity index (χ3n) is 3.23. The molecule has 0 saturated carbocycles. The van der Waals surface area contributed by atoms with Crippen LogP contribution in [0.3, 0.4) is 0 Å². The SMILES string of the molecule is CCN(CC)C(=O)CCNCc1ccccc1C(N)=O. The van der Waals surface area contributed by atoms with Crippen molar-refractivity contribution in [3.8, 4) is 0 Å². The molecule has 0 aromatic heterocycles. The van der Waals surface area contributed by atoms with Gasteiger partial charge in [0, 0.05) is 38.2 Å². The number of nitrogens with one attached hydrogen (secondary N) is 1. The number of hydrogen-bond acceptors (Lipinski definition) is 3. The lowest BCUT2D eigenvalue weighted by Gasteiger charge is -2.18. The van der Waals surface area contributed by atoms with Crippen molar-refractivity contribution in [2.75, 3.05) is 19.6 Å². The lowest BCUT2D eigenvalue weighted by atomic mass is 10.1. The third-order valence-corrected chi connectivity index (χ3v) is 3.23. The Kier molecular flexibility index (Phi) is 6.73. The van der Waals surface area contributed by atoms with Crippen molar-refractivity contribution in [1.29, 1.82) is 0 Å². The second kappa shape index (κ2) is 8.32. The van der Waals surface area contributed by atoms with Crippen molar-refractivity contribution < 1.29 is 9.59 Å². The predicted octanol–water partition coefficient (Wildman–Crippen LogP) is 1.13. The summed E-state index contributed by atoms with van der Waals surface area (Å²) < 4.78 is 0. The molecule has 0 heterocycles. The van der Waals surface area contributed by atoms with Crippen LogP contribution in [-0.2, 0) is 11.3 Å². The van der Waals surface area contributed by atoms with Gasteiger partial charge in [-0.15, -0.1) is 0 Å². The summed E-state index contributed by atoms with van der Waals surface area (Å²) in [5.41, 5.74) is 6.70. The molecule has 0 unspecified atom stereocenters. The van der Waals surface area contributed by atoms with E-state index in [0.29, 0.717) is 25.1 Å². The highest BCUT2D eigenvalue weighted by Crippen LogP contribution is 2.07. The topological polar surface area (TPSA) is 75.4 Å². The van der Waals surface area contributed by atoms with Crippen LogP contribution in [0.25, 0.3) is 0 Å². The highest BCUT2D eigenvalue weighted by atomic mass is 16.2. The molecule has 1 aromatic carbocycles. The Morgan fingerprint density at radius 1 is 1.20 bits per heavy atom. The Morgan fingerprint density at radius 2 is 1.85 bits per heavy atom. The molecule has 110 valence electrons. The van der Waals surface area contributed by atoms with E-state index in [1.54, 1.807) is 17.0 Å². The van der Waals surface area contributed by atoms with Crippen molar-refractivity contribution in [2.24, 2.45) is 5.73 Å². The predicted molar refractivity (Wildman–Crippen MR) is 79.2 cm³/mol. The smallest absolute Gasteiger partial charge is 0.249 e. The molecule has 1 rings (SSSR count). The first-order chi connectivity index (χ1) is 9.60. The van der Waals surface area contributed by atoms with Gasteiger partial charge in [0.15, 0.2) is 0 Å². The van der Waals surface area contributed by atoms with Gasteiger partial charge in [-0.05, 0) is 25.5 Å². The zero-order chi connectivity index (χ0) is 15.0. The standard InChI is InChI=1S/C15H23N3O2/c1-3-18(4-2)14(19)9-10-17-11-12-7-5-6-8-13(12)15(16)20/h5-8,17H,3-4,9-11H2,1-2H3,(H2,16,20). The summed E-state index contributed by atoms with van der Waals surface area (Å²) in [6, 6.07) is 7.22. The molecule has 2 amide bonds. The molecule has 0 spiro atoms. The van der Waals surface area contributed by atoms with E-state index in [1.807, 2.05) is 26.0 Å². The lowest BCUT2D eigenvalue weighted by molar-refractivity contribution is -0.130. The number of carbonyl (C=O) groups excluding carboxylic acids is 2. The van der Waals surface area contributed by atoms with Crippen molar-refractivity contribution >= 4 is 11.8 Å². The van der Waals surface area contributed by atoms with Crippen LogP contribution in [0.1, 0.15) is 36.2 Å². The van der Waals surface area contributed by atoms with Crippen LogP contribution in [0.15, 0.2) is 24.3 Å². The molecule has 20 heavy (non-hydrogen) atoms. The van der Waals surface area contributed by atoms with Crippen LogP contribution in [0, 0.1) is 0 Å². The van der Waals surface area contributed by atoms with Crippen LogP contribution in [0.2, 0.25) is 0 Å². The van der Waals surface area contributed by atoms with Gasteiger partial charge >= 0.3 is 0 Å². The average Bonchev–Trinajstić information content (AvgIpc) is 2.45. The van der Waals surface area contributed by atoms with E-state index in [9.17, 15) is 9.59 Å². The molecule has 0 atom stereocenters. The number of hydrogen-bond donors (Lipinski definition) is 2. The molecule has 0 bridgehead atoms. The number of nitrogens with two attached hydrogens (primary N) is 1. The molecule has 0 saturated heterocycles. The fraction of sp³-hybridized carbons (Fsp3) is 0.467. The molecule has 0 aliphatic rings. The summed E-state index contributed by atoms with van der Waals surface area (Å²) in [5, 5.41) is 3.18. The Labute approximate surface area is 120 Å². The Balaban J connectivity index is 2.42. The van der Waals surface area contributed by atoms with Crippen LogP contribution in [0.5, 0.6) is 0 Å². The monoisotopic (exact) mass is 277 g/mol. The second-order valence-corrected chi connectivity index (χ2v) is 4.51. The second-order valence-electron chi connectivity index (χ2n) is 4.51. The van der Waals surface area contributed by atoms with Crippen molar-refractivity contribution in [3.05, 3.63) is 35.4 Å². The van der Waals surface area contributed by atoms with Gasteiger partial charge in [-0.3, -0.25) is 9.59 Å². The highest BCUT2D eigenvalue weighted by molar-refractivity contribution is 5.94. The van der Waals surface area contributed by atoms with Crippen LogP contribution in [0.4, 0.5) is 0 Å². The van der Waals surface area contributed by atoms with Crippen molar-refractivity contribution in [2.45, 2.75) is 26.8 Å². The van der Waals surface area contributed by atoms with E-state index >= 15 is 0 Å². The number of benzene rings is 1. The first-order valence-corrected chi connectivity index (χ1v) is 6.96. The Morgan fingerprint density at radius 3 is 2.45 bits per heavy atom. The molecule has 3 N–H and O–H groups in total. The van der Waals surface area contributed by atoms with E-state index < -0.39 is 5.91 Å². The van der Waals surface area contributed by atoms with Crippen LogP contribution in [-0.4, -0.2) is 36.3 Å². The van der Waals surface area contributed by atoms with Gasteiger partial charge in [0.25, 0.3) is 0 Å². The normalized spacial score (nSPS) is 10.3. The molecule has 0 radical (unpaired) electrons. The summed E-state index contributed by atoms with van der Waals surface area (Å²) in [6.45, 7) is 6.53. The average molecular weight is 277 g/mol. The number of rotatable bonds is 8. The quantitative estimate of drug-likeness (QED) is 0.700.